The Morgan fingerprint density at radius 2 is 1.79 bits per heavy atom. The summed E-state index contributed by atoms with van der Waals surface area (Å²) < 4.78 is 33.0. The summed E-state index contributed by atoms with van der Waals surface area (Å²) in [5.41, 5.74) is 2.17. The maximum atomic E-state index is 12.5. The summed E-state index contributed by atoms with van der Waals surface area (Å²) in [7, 11) is 1.65. The summed E-state index contributed by atoms with van der Waals surface area (Å²) in [5.74, 6) is -3.29. The van der Waals surface area contributed by atoms with Gasteiger partial charge in [-0.2, -0.15) is 13.2 Å². The van der Waals surface area contributed by atoms with Crippen molar-refractivity contribution >= 4 is 23.5 Å². The monoisotopic (exact) mass is 482 g/mol. The second kappa shape index (κ2) is 12.0. The number of fused-ring (bicyclic) bond motifs is 1. The Balaban J connectivity index is 0.000000509. The lowest BCUT2D eigenvalue weighted by molar-refractivity contribution is -0.192. The van der Waals surface area contributed by atoms with Crippen molar-refractivity contribution in [1.29, 1.82) is 0 Å². The first kappa shape index (κ1) is 26.6. The van der Waals surface area contributed by atoms with Crippen LogP contribution in [0.3, 0.4) is 0 Å². The minimum Gasteiger partial charge on any atom is -0.475 e. The lowest BCUT2D eigenvalue weighted by atomic mass is 9.88. The van der Waals surface area contributed by atoms with Gasteiger partial charge in [-0.15, -0.1) is 0 Å². The molecule has 4 N–H and O–H groups in total. The van der Waals surface area contributed by atoms with Gasteiger partial charge in [0.05, 0.1) is 12.6 Å². The number of alkyl halides is 3. The van der Waals surface area contributed by atoms with Crippen LogP contribution in [0.1, 0.15) is 30.0 Å². The molecule has 0 radical (unpaired) electrons. The zero-order chi connectivity index (χ0) is 25.3. The zero-order valence-corrected chi connectivity index (χ0v) is 18.3. The predicted octanol–water partition coefficient (Wildman–Crippen LogP) is 1.83. The maximum absolute atomic E-state index is 12.5. The molecular weight excluding hydrogens is 457 g/mol. The predicted molar refractivity (Wildman–Crippen MR) is 117 cm³/mol. The van der Waals surface area contributed by atoms with Crippen molar-refractivity contribution in [1.82, 2.24) is 15.2 Å². The normalized spacial score (nSPS) is 14.8. The summed E-state index contributed by atoms with van der Waals surface area (Å²) in [6, 6.07) is 11.3. The average Bonchev–Trinajstić information content (AvgIpc) is 2.77. The Morgan fingerprint density at radius 3 is 2.44 bits per heavy atom. The van der Waals surface area contributed by atoms with E-state index in [0.717, 1.165) is 24.8 Å². The number of amides is 2. The first-order valence-corrected chi connectivity index (χ1v) is 10.3. The molecule has 1 aliphatic carbocycles. The number of hydrogen-bond acceptors (Lipinski definition) is 5. The Morgan fingerprint density at radius 1 is 1.12 bits per heavy atom. The summed E-state index contributed by atoms with van der Waals surface area (Å²) in [6.45, 7) is 0.0170. The molecule has 0 saturated heterocycles. The van der Waals surface area contributed by atoms with Gasteiger partial charge < -0.3 is 25.6 Å². The van der Waals surface area contributed by atoms with Gasteiger partial charge in [0.25, 0.3) is 5.56 Å². The molecule has 0 bridgehead atoms. The number of carbonyl (C=O) groups excluding carboxylic acids is 2. The fourth-order valence-electron chi connectivity index (χ4n) is 3.41. The van der Waals surface area contributed by atoms with Crippen LogP contribution in [0, 0.1) is 0 Å². The van der Waals surface area contributed by atoms with Gasteiger partial charge in [0.2, 0.25) is 11.8 Å². The van der Waals surface area contributed by atoms with E-state index in [-0.39, 0.29) is 36.6 Å². The van der Waals surface area contributed by atoms with Crippen molar-refractivity contribution < 1.29 is 32.7 Å². The van der Waals surface area contributed by atoms with Crippen molar-refractivity contribution in [2.45, 2.75) is 38.0 Å². The molecule has 1 unspecified atom stereocenters. The number of rotatable bonds is 6. The van der Waals surface area contributed by atoms with E-state index in [1.165, 1.54) is 16.2 Å². The number of pyridine rings is 1. The van der Waals surface area contributed by atoms with Crippen LogP contribution < -0.4 is 21.5 Å². The van der Waals surface area contributed by atoms with Crippen molar-refractivity contribution in [3.8, 4) is 0 Å². The molecule has 2 amide bonds. The van der Waals surface area contributed by atoms with Crippen molar-refractivity contribution in [2.24, 2.45) is 0 Å². The summed E-state index contributed by atoms with van der Waals surface area (Å²) in [5, 5.41) is 15.4. The number of hydrogen-bond donors (Lipinski definition) is 4. The van der Waals surface area contributed by atoms with Gasteiger partial charge in [-0.05, 0) is 49.6 Å². The van der Waals surface area contributed by atoms with Gasteiger partial charge in [-0.25, -0.2) is 4.79 Å². The number of carbonyl (C=O) groups is 3. The number of nitrogens with zero attached hydrogens (tertiary/aromatic N) is 1. The second-order valence-electron chi connectivity index (χ2n) is 7.45. The number of halogens is 3. The molecule has 0 aliphatic heterocycles. The Hall–Kier alpha value is -3.67. The van der Waals surface area contributed by atoms with E-state index in [0.29, 0.717) is 0 Å². The third-order valence-corrected chi connectivity index (χ3v) is 4.89. The molecule has 184 valence electrons. The van der Waals surface area contributed by atoms with Crippen molar-refractivity contribution in [3.05, 3.63) is 64.1 Å². The molecule has 1 aliphatic rings. The number of aryl methyl sites for hydroxylation is 1. The molecule has 12 heteroatoms. The first-order chi connectivity index (χ1) is 16.0. The number of anilines is 1. The van der Waals surface area contributed by atoms with Gasteiger partial charge in [0.1, 0.15) is 12.2 Å². The molecule has 0 spiro atoms. The van der Waals surface area contributed by atoms with Gasteiger partial charge in [0, 0.05) is 6.20 Å². The largest absolute Gasteiger partial charge is 0.490 e. The number of aliphatic carboxylic acids is 1. The highest BCUT2D eigenvalue weighted by atomic mass is 19.4. The van der Waals surface area contributed by atoms with Crippen LogP contribution in [-0.4, -0.2) is 47.2 Å². The smallest absolute Gasteiger partial charge is 0.475 e. The quantitative estimate of drug-likeness (QED) is 0.497. The minimum absolute atomic E-state index is 0.0309. The molecule has 1 heterocycles. The standard InChI is InChI=1S/C20H24N4O3.C2HF3O2/c1-21-12-18(25)23-17-10-5-11-24(20(17)27)13-19(26)22-16-9-4-7-14-6-2-3-8-15(14)16;3-2(4,5)1(6)7/h2-3,5-6,8,10-11,16,21H,4,7,9,12-13H2,1H3,(H,22,26)(H,23,25);(H,6,7). The van der Waals surface area contributed by atoms with E-state index in [1.54, 1.807) is 19.3 Å². The average molecular weight is 482 g/mol. The van der Waals surface area contributed by atoms with Crippen molar-refractivity contribution in [2.75, 3.05) is 18.9 Å². The molecule has 0 fully saturated rings. The molecule has 0 saturated carbocycles. The van der Waals surface area contributed by atoms with Gasteiger partial charge in [-0.3, -0.25) is 14.4 Å². The highest BCUT2D eigenvalue weighted by molar-refractivity contribution is 5.92. The molecule has 1 atom stereocenters. The minimum atomic E-state index is -5.08. The number of carboxylic acid groups (broad SMARTS) is 1. The molecule has 1 aromatic carbocycles. The van der Waals surface area contributed by atoms with Crippen LogP contribution in [0.15, 0.2) is 47.4 Å². The third kappa shape index (κ3) is 7.73. The molecule has 9 nitrogen and oxygen atoms in total. The fourth-order valence-corrected chi connectivity index (χ4v) is 3.41. The lowest BCUT2D eigenvalue weighted by Crippen LogP contribution is -2.36. The van der Waals surface area contributed by atoms with Crippen LogP contribution in [0.5, 0.6) is 0 Å². The number of aromatic nitrogens is 1. The summed E-state index contributed by atoms with van der Waals surface area (Å²) in [6.07, 6.45) is -0.604. The van der Waals surface area contributed by atoms with Gasteiger partial charge in [0.15, 0.2) is 0 Å². The Kier molecular flexibility index (Phi) is 9.36. The number of likely N-dealkylation sites (N-methyl/N-ethyl adjacent to an activating group) is 1. The maximum Gasteiger partial charge on any atom is 0.490 e. The second-order valence-corrected chi connectivity index (χ2v) is 7.45. The van der Waals surface area contributed by atoms with E-state index in [9.17, 15) is 27.6 Å². The van der Waals surface area contributed by atoms with Gasteiger partial charge in [-0.1, -0.05) is 24.3 Å². The zero-order valence-electron chi connectivity index (χ0n) is 18.3. The molecular formula is C22H25F3N4O5. The van der Waals surface area contributed by atoms with Crippen LogP contribution in [0.4, 0.5) is 18.9 Å². The molecule has 3 rings (SSSR count). The van der Waals surface area contributed by atoms with E-state index < -0.39 is 17.7 Å². The highest BCUT2D eigenvalue weighted by Gasteiger charge is 2.38. The van der Waals surface area contributed by atoms with Crippen LogP contribution in [-0.2, 0) is 27.3 Å². The molecule has 2 aromatic rings. The number of carboxylic acids is 1. The van der Waals surface area contributed by atoms with E-state index in [1.807, 2.05) is 18.2 Å². The Bertz CT molecular complexity index is 1080. The summed E-state index contributed by atoms with van der Waals surface area (Å²) in [4.78, 5) is 45.6. The van der Waals surface area contributed by atoms with Crippen LogP contribution >= 0.6 is 0 Å². The number of nitrogens with one attached hydrogen (secondary N) is 3. The number of benzene rings is 1. The highest BCUT2D eigenvalue weighted by Crippen LogP contribution is 2.29. The van der Waals surface area contributed by atoms with Crippen LogP contribution in [0.2, 0.25) is 0 Å². The summed E-state index contributed by atoms with van der Waals surface area (Å²) >= 11 is 0. The third-order valence-electron chi connectivity index (χ3n) is 4.89. The van der Waals surface area contributed by atoms with E-state index in [2.05, 4.69) is 22.0 Å². The van der Waals surface area contributed by atoms with Crippen LogP contribution in [0.25, 0.3) is 0 Å². The van der Waals surface area contributed by atoms with E-state index in [4.69, 9.17) is 9.90 Å². The lowest BCUT2D eigenvalue weighted by Gasteiger charge is -2.26. The Labute approximate surface area is 193 Å². The van der Waals surface area contributed by atoms with E-state index >= 15 is 0 Å². The topological polar surface area (TPSA) is 130 Å². The fraction of sp³-hybridized carbons (Fsp3) is 0.364. The van der Waals surface area contributed by atoms with Gasteiger partial charge >= 0.3 is 12.1 Å². The van der Waals surface area contributed by atoms with Crippen molar-refractivity contribution in [3.63, 3.8) is 0 Å². The molecule has 34 heavy (non-hydrogen) atoms. The SMILES string of the molecule is CNCC(=O)Nc1cccn(CC(=O)NC2CCCc3ccccc32)c1=O.O=C(O)C(F)(F)F. The molecule has 1 aromatic heterocycles. The first-order valence-electron chi connectivity index (χ1n) is 10.3.